The second kappa shape index (κ2) is 11.1. The normalized spacial score (nSPS) is 10.4. The molecule has 2 N–H and O–H groups in total. The van der Waals surface area contributed by atoms with E-state index in [1.54, 1.807) is 18.3 Å². The number of ether oxygens (including phenoxy) is 1. The molecule has 0 aliphatic rings. The predicted octanol–water partition coefficient (Wildman–Crippen LogP) is 2.84. The highest BCUT2D eigenvalue weighted by Gasteiger charge is 2.05. The molecule has 0 fully saturated rings. The molecule has 1 rings (SSSR count). The molecule has 1 aromatic heterocycles. The number of unbranched alkanes of at least 4 members (excludes halogenated alkanes) is 1. The molecule has 0 spiro atoms. The van der Waals surface area contributed by atoms with E-state index in [1.807, 2.05) is 0 Å². The Morgan fingerprint density at radius 1 is 1.19 bits per heavy atom. The summed E-state index contributed by atoms with van der Waals surface area (Å²) in [6.07, 6.45) is 5.75. The molecule has 0 bridgehead atoms. The quantitative estimate of drug-likeness (QED) is 0.616. The Hall–Kier alpha value is -1.62. The molecule has 1 amide bonds. The Labute approximate surface area is 127 Å². The SMILES string of the molecule is CCCCOCCCNC(=O)c1ccnc(NCCC)c1. The van der Waals surface area contributed by atoms with E-state index in [1.165, 1.54) is 0 Å². The molecular formula is C16H27N3O2. The number of carbonyl (C=O) groups is 1. The minimum Gasteiger partial charge on any atom is -0.381 e. The molecular weight excluding hydrogens is 266 g/mol. The number of nitrogens with zero attached hydrogens (tertiary/aromatic N) is 1. The van der Waals surface area contributed by atoms with Crippen LogP contribution in [0.4, 0.5) is 5.82 Å². The number of carbonyl (C=O) groups excluding carboxylic acids is 1. The van der Waals surface area contributed by atoms with Crippen molar-refractivity contribution in [3.8, 4) is 0 Å². The lowest BCUT2D eigenvalue weighted by molar-refractivity contribution is 0.0940. The second-order valence-corrected chi connectivity index (χ2v) is 4.93. The fourth-order valence-corrected chi connectivity index (χ4v) is 1.75. The number of nitrogens with one attached hydrogen (secondary N) is 2. The van der Waals surface area contributed by atoms with Gasteiger partial charge in [-0.2, -0.15) is 0 Å². The van der Waals surface area contributed by atoms with Gasteiger partial charge in [-0.1, -0.05) is 20.3 Å². The average Bonchev–Trinajstić information content (AvgIpc) is 2.52. The van der Waals surface area contributed by atoms with Crippen LogP contribution in [0.25, 0.3) is 0 Å². The maximum atomic E-state index is 12.0. The molecule has 1 heterocycles. The van der Waals surface area contributed by atoms with E-state index in [2.05, 4.69) is 29.5 Å². The smallest absolute Gasteiger partial charge is 0.251 e. The van der Waals surface area contributed by atoms with E-state index in [0.717, 1.165) is 44.7 Å². The Morgan fingerprint density at radius 2 is 2.00 bits per heavy atom. The first kappa shape index (κ1) is 17.4. The third kappa shape index (κ3) is 7.66. The van der Waals surface area contributed by atoms with Crippen LogP contribution in [-0.4, -0.2) is 37.2 Å². The molecule has 0 aliphatic carbocycles. The molecule has 0 aliphatic heterocycles. The summed E-state index contributed by atoms with van der Waals surface area (Å²) in [4.78, 5) is 16.2. The van der Waals surface area contributed by atoms with Crippen molar-refractivity contribution in [1.82, 2.24) is 10.3 Å². The van der Waals surface area contributed by atoms with Gasteiger partial charge in [-0.05, 0) is 31.4 Å². The van der Waals surface area contributed by atoms with Gasteiger partial charge in [0.2, 0.25) is 0 Å². The lowest BCUT2D eigenvalue weighted by Crippen LogP contribution is -2.25. The van der Waals surface area contributed by atoms with Crippen molar-refractivity contribution in [3.63, 3.8) is 0 Å². The highest BCUT2D eigenvalue weighted by atomic mass is 16.5. The van der Waals surface area contributed by atoms with Crippen LogP contribution >= 0.6 is 0 Å². The van der Waals surface area contributed by atoms with Crippen molar-refractivity contribution in [2.75, 3.05) is 31.6 Å². The number of amides is 1. The Bertz CT molecular complexity index is 410. The maximum absolute atomic E-state index is 12.0. The number of anilines is 1. The van der Waals surface area contributed by atoms with Crippen molar-refractivity contribution in [3.05, 3.63) is 23.9 Å². The number of hydrogen-bond acceptors (Lipinski definition) is 4. The molecule has 0 atom stereocenters. The largest absolute Gasteiger partial charge is 0.381 e. The van der Waals surface area contributed by atoms with Crippen molar-refractivity contribution in [1.29, 1.82) is 0 Å². The van der Waals surface area contributed by atoms with Gasteiger partial charge < -0.3 is 15.4 Å². The Kier molecular flexibility index (Phi) is 9.20. The lowest BCUT2D eigenvalue weighted by Gasteiger charge is -2.08. The van der Waals surface area contributed by atoms with Gasteiger partial charge in [-0.3, -0.25) is 4.79 Å². The number of aromatic nitrogens is 1. The summed E-state index contributed by atoms with van der Waals surface area (Å²) in [5, 5.41) is 6.07. The minimum absolute atomic E-state index is 0.0643. The number of hydrogen-bond donors (Lipinski definition) is 2. The Balaban J connectivity index is 2.25. The highest BCUT2D eigenvalue weighted by Crippen LogP contribution is 2.06. The van der Waals surface area contributed by atoms with E-state index in [0.29, 0.717) is 18.7 Å². The van der Waals surface area contributed by atoms with Gasteiger partial charge in [0.05, 0.1) is 0 Å². The fourth-order valence-electron chi connectivity index (χ4n) is 1.75. The van der Waals surface area contributed by atoms with Crippen LogP contribution in [0, 0.1) is 0 Å². The summed E-state index contributed by atoms with van der Waals surface area (Å²) < 4.78 is 5.45. The monoisotopic (exact) mass is 293 g/mol. The molecule has 0 aromatic carbocycles. The van der Waals surface area contributed by atoms with Crippen LogP contribution in [0.3, 0.4) is 0 Å². The molecule has 21 heavy (non-hydrogen) atoms. The van der Waals surface area contributed by atoms with Crippen molar-refractivity contribution < 1.29 is 9.53 Å². The van der Waals surface area contributed by atoms with E-state index in [4.69, 9.17) is 4.74 Å². The van der Waals surface area contributed by atoms with E-state index in [9.17, 15) is 4.79 Å². The summed E-state index contributed by atoms with van der Waals surface area (Å²) in [6, 6.07) is 3.51. The zero-order valence-corrected chi connectivity index (χ0v) is 13.2. The van der Waals surface area contributed by atoms with Crippen molar-refractivity contribution in [2.24, 2.45) is 0 Å². The molecule has 1 aromatic rings. The number of rotatable bonds is 11. The second-order valence-electron chi connectivity index (χ2n) is 4.93. The lowest BCUT2D eigenvalue weighted by atomic mass is 10.2. The van der Waals surface area contributed by atoms with Crippen LogP contribution in [0.2, 0.25) is 0 Å². The standard InChI is InChI=1S/C16H27N3O2/c1-3-5-11-21-12-6-9-19-16(20)14-7-10-18-15(13-14)17-8-4-2/h7,10,13H,3-6,8-9,11-12H2,1-2H3,(H,17,18)(H,19,20). The van der Waals surface area contributed by atoms with Crippen molar-refractivity contribution >= 4 is 11.7 Å². The topological polar surface area (TPSA) is 63.2 Å². The van der Waals surface area contributed by atoms with Crippen LogP contribution < -0.4 is 10.6 Å². The fraction of sp³-hybridized carbons (Fsp3) is 0.625. The number of pyridine rings is 1. The predicted molar refractivity (Wildman–Crippen MR) is 85.7 cm³/mol. The summed E-state index contributed by atoms with van der Waals surface area (Å²) in [7, 11) is 0. The third-order valence-electron chi connectivity index (χ3n) is 2.97. The molecule has 0 radical (unpaired) electrons. The van der Waals surface area contributed by atoms with Gasteiger partial charge in [0.15, 0.2) is 0 Å². The first-order valence-electron chi connectivity index (χ1n) is 7.83. The van der Waals surface area contributed by atoms with Crippen molar-refractivity contribution in [2.45, 2.75) is 39.5 Å². The summed E-state index contributed by atoms with van der Waals surface area (Å²) in [6.45, 7) is 7.22. The minimum atomic E-state index is -0.0643. The summed E-state index contributed by atoms with van der Waals surface area (Å²) >= 11 is 0. The average molecular weight is 293 g/mol. The van der Waals surface area contributed by atoms with Gasteiger partial charge in [0.25, 0.3) is 5.91 Å². The van der Waals surface area contributed by atoms with Gasteiger partial charge >= 0.3 is 0 Å². The van der Waals surface area contributed by atoms with Gasteiger partial charge in [-0.25, -0.2) is 4.98 Å². The van der Waals surface area contributed by atoms with Crippen LogP contribution in [0.1, 0.15) is 49.9 Å². The molecule has 0 saturated carbocycles. The third-order valence-corrected chi connectivity index (χ3v) is 2.97. The van der Waals surface area contributed by atoms with Crippen LogP contribution in [0.15, 0.2) is 18.3 Å². The molecule has 0 unspecified atom stereocenters. The van der Waals surface area contributed by atoms with E-state index < -0.39 is 0 Å². The van der Waals surface area contributed by atoms with Gasteiger partial charge in [0.1, 0.15) is 5.82 Å². The zero-order valence-electron chi connectivity index (χ0n) is 13.2. The molecule has 0 saturated heterocycles. The zero-order chi connectivity index (χ0) is 15.3. The highest BCUT2D eigenvalue weighted by molar-refractivity contribution is 5.94. The Morgan fingerprint density at radius 3 is 2.76 bits per heavy atom. The van der Waals surface area contributed by atoms with Gasteiger partial charge in [-0.15, -0.1) is 0 Å². The maximum Gasteiger partial charge on any atom is 0.251 e. The van der Waals surface area contributed by atoms with Gasteiger partial charge in [0, 0.05) is 38.1 Å². The molecule has 5 heteroatoms. The molecule has 5 nitrogen and oxygen atoms in total. The summed E-state index contributed by atoms with van der Waals surface area (Å²) in [5.41, 5.74) is 0.635. The van der Waals surface area contributed by atoms with E-state index >= 15 is 0 Å². The first-order chi connectivity index (χ1) is 10.3. The molecule has 118 valence electrons. The van der Waals surface area contributed by atoms with Crippen LogP contribution in [0.5, 0.6) is 0 Å². The van der Waals surface area contributed by atoms with Crippen LogP contribution in [-0.2, 0) is 4.74 Å². The first-order valence-corrected chi connectivity index (χ1v) is 7.83. The van der Waals surface area contributed by atoms with E-state index in [-0.39, 0.29) is 5.91 Å². The summed E-state index contributed by atoms with van der Waals surface area (Å²) in [5.74, 6) is 0.679.